The van der Waals surface area contributed by atoms with Gasteiger partial charge in [0.25, 0.3) is 0 Å². The van der Waals surface area contributed by atoms with Gasteiger partial charge < -0.3 is 10.0 Å². The fourth-order valence-corrected chi connectivity index (χ4v) is 1.21. The zero-order valence-electron chi connectivity index (χ0n) is 8.71. The Hall–Kier alpha value is -0.830. The molecule has 0 aromatic carbocycles. The smallest absolute Gasteiger partial charge is 0.331 e. The van der Waals surface area contributed by atoms with Gasteiger partial charge >= 0.3 is 5.97 Å². The van der Waals surface area contributed by atoms with Crippen molar-refractivity contribution >= 4 is 5.97 Å². The highest BCUT2D eigenvalue weighted by molar-refractivity contribution is 5.86. The van der Waals surface area contributed by atoms with Gasteiger partial charge in [0.2, 0.25) is 0 Å². The van der Waals surface area contributed by atoms with E-state index >= 15 is 0 Å². The number of rotatable bonds is 6. The summed E-state index contributed by atoms with van der Waals surface area (Å²) in [5, 5.41) is 8.74. The van der Waals surface area contributed by atoms with Crippen LogP contribution in [0.15, 0.2) is 12.2 Å². The summed E-state index contributed by atoms with van der Waals surface area (Å²) in [7, 11) is 3.96. The lowest BCUT2D eigenvalue weighted by Crippen LogP contribution is -2.19. The Kier molecular flexibility index (Phi) is 5.39. The van der Waals surface area contributed by atoms with Gasteiger partial charge in [-0.1, -0.05) is 13.5 Å². The molecular formula is C10H19NO2. The number of nitrogens with zero attached hydrogens (tertiary/aromatic N) is 1. The predicted molar refractivity (Wildman–Crippen MR) is 53.7 cm³/mol. The highest BCUT2D eigenvalue weighted by atomic mass is 16.4. The number of hydrogen-bond acceptors (Lipinski definition) is 2. The first-order valence-electron chi connectivity index (χ1n) is 4.55. The molecule has 0 saturated heterocycles. The standard InChI is InChI=1S/C10H19NO2/c1-5-9(6-7-11(3)4)8(2)10(12)13/h9H,2,5-7H2,1,3-4H3,(H,12,13). The summed E-state index contributed by atoms with van der Waals surface area (Å²) in [6.45, 7) is 6.49. The normalized spacial score (nSPS) is 12.9. The van der Waals surface area contributed by atoms with Gasteiger partial charge in [-0.2, -0.15) is 0 Å². The quantitative estimate of drug-likeness (QED) is 0.639. The van der Waals surface area contributed by atoms with Crippen molar-refractivity contribution in [2.75, 3.05) is 20.6 Å². The summed E-state index contributed by atoms with van der Waals surface area (Å²) in [4.78, 5) is 12.7. The van der Waals surface area contributed by atoms with Crippen molar-refractivity contribution in [1.82, 2.24) is 4.90 Å². The average Bonchev–Trinajstić information content (AvgIpc) is 2.04. The second kappa shape index (κ2) is 5.75. The molecule has 13 heavy (non-hydrogen) atoms. The van der Waals surface area contributed by atoms with E-state index in [2.05, 4.69) is 11.5 Å². The van der Waals surface area contributed by atoms with E-state index in [0.29, 0.717) is 5.57 Å². The van der Waals surface area contributed by atoms with Crippen molar-refractivity contribution in [1.29, 1.82) is 0 Å². The summed E-state index contributed by atoms with van der Waals surface area (Å²) in [5.74, 6) is -0.759. The van der Waals surface area contributed by atoms with Gasteiger partial charge in [-0.25, -0.2) is 4.79 Å². The second-order valence-electron chi connectivity index (χ2n) is 3.53. The summed E-state index contributed by atoms with van der Waals surface area (Å²) in [6.07, 6.45) is 1.72. The number of hydrogen-bond donors (Lipinski definition) is 1. The Labute approximate surface area is 80.0 Å². The highest BCUT2D eigenvalue weighted by Crippen LogP contribution is 2.17. The minimum absolute atomic E-state index is 0.111. The van der Waals surface area contributed by atoms with E-state index in [1.54, 1.807) is 0 Å². The minimum atomic E-state index is -0.870. The fraction of sp³-hybridized carbons (Fsp3) is 0.700. The van der Waals surface area contributed by atoms with Crippen LogP contribution in [0.25, 0.3) is 0 Å². The van der Waals surface area contributed by atoms with Crippen molar-refractivity contribution in [3.8, 4) is 0 Å². The van der Waals surface area contributed by atoms with Gasteiger partial charge in [0.15, 0.2) is 0 Å². The lowest BCUT2D eigenvalue weighted by atomic mass is 9.94. The topological polar surface area (TPSA) is 40.5 Å². The zero-order valence-corrected chi connectivity index (χ0v) is 8.71. The maximum Gasteiger partial charge on any atom is 0.331 e. The van der Waals surface area contributed by atoms with E-state index in [-0.39, 0.29) is 5.92 Å². The predicted octanol–water partition coefficient (Wildman–Crippen LogP) is 1.61. The van der Waals surface area contributed by atoms with Gasteiger partial charge in [-0.05, 0) is 39.4 Å². The fourth-order valence-electron chi connectivity index (χ4n) is 1.21. The van der Waals surface area contributed by atoms with Crippen LogP contribution in [0.1, 0.15) is 19.8 Å². The van der Waals surface area contributed by atoms with Crippen molar-refractivity contribution in [3.05, 3.63) is 12.2 Å². The zero-order chi connectivity index (χ0) is 10.4. The SMILES string of the molecule is C=C(C(=O)O)C(CC)CCN(C)C. The van der Waals surface area contributed by atoms with Gasteiger partial charge in [0, 0.05) is 5.57 Å². The van der Waals surface area contributed by atoms with Crippen LogP contribution in [0.3, 0.4) is 0 Å². The van der Waals surface area contributed by atoms with E-state index in [4.69, 9.17) is 5.11 Å². The molecule has 1 unspecified atom stereocenters. The molecule has 3 heteroatoms. The molecule has 0 saturated carbocycles. The molecule has 1 N–H and O–H groups in total. The van der Waals surface area contributed by atoms with Crippen molar-refractivity contribution in [3.63, 3.8) is 0 Å². The van der Waals surface area contributed by atoms with Gasteiger partial charge in [0.05, 0.1) is 0 Å². The van der Waals surface area contributed by atoms with Crippen LogP contribution >= 0.6 is 0 Å². The summed E-state index contributed by atoms with van der Waals surface area (Å²) >= 11 is 0. The molecule has 0 aliphatic rings. The van der Waals surface area contributed by atoms with E-state index in [9.17, 15) is 4.79 Å². The van der Waals surface area contributed by atoms with Gasteiger partial charge in [0.1, 0.15) is 0 Å². The van der Waals surface area contributed by atoms with Crippen molar-refractivity contribution < 1.29 is 9.90 Å². The molecule has 0 radical (unpaired) electrons. The van der Waals surface area contributed by atoms with Crippen LogP contribution in [0.5, 0.6) is 0 Å². The molecule has 0 fully saturated rings. The summed E-state index contributed by atoms with van der Waals surface area (Å²) < 4.78 is 0. The third-order valence-electron chi connectivity index (χ3n) is 2.19. The Bertz CT molecular complexity index is 187. The van der Waals surface area contributed by atoms with Gasteiger partial charge in [-0.15, -0.1) is 0 Å². The molecule has 3 nitrogen and oxygen atoms in total. The number of carboxylic acids is 1. The monoisotopic (exact) mass is 185 g/mol. The molecule has 0 amide bonds. The van der Waals surface area contributed by atoms with Crippen LogP contribution in [0.2, 0.25) is 0 Å². The number of carbonyl (C=O) groups is 1. The molecule has 0 rings (SSSR count). The molecular weight excluding hydrogens is 166 g/mol. The molecule has 0 aromatic rings. The first-order chi connectivity index (χ1) is 5.99. The largest absolute Gasteiger partial charge is 0.478 e. The van der Waals surface area contributed by atoms with E-state index in [0.717, 1.165) is 19.4 Å². The number of aliphatic carboxylic acids is 1. The van der Waals surface area contributed by atoms with E-state index in [1.165, 1.54) is 0 Å². The number of carboxylic acid groups (broad SMARTS) is 1. The highest BCUT2D eigenvalue weighted by Gasteiger charge is 2.16. The van der Waals surface area contributed by atoms with Crippen LogP contribution in [-0.2, 0) is 4.79 Å². The molecule has 0 heterocycles. The Morgan fingerprint density at radius 1 is 1.54 bits per heavy atom. The lowest BCUT2D eigenvalue weighted by molar-refractivity contribution is -0.133. The van der Waals surface area contributed by atoms with Crippen LogP contribution < -0.4 is 0 Å². The van der Waals surface area contributed by atoms with Crippen LogP contribution in [0.4, 0.5) is 0 Å². The van der Waals surface area contributed by atoms with Crippen LogP contribution in [0, 0.1) is 5.92 Å². The maximum atomic E-state index is 10.6. The van der Waals surface area contributed by atoms with Crippen molar-refractivity contribution in [2.24, 2.45) is 5.92 Å². The molecule has 0 aliphatic carbocycles. The Morgan fingerprint density at radius 3 is 2.38 bits per heavy atom. The maximum absolute atomic E-state index is 10.6. The second-order valence-corrected chi connectivity index (χ2v) is 3.53. The third-order valence-corrected chi connectivity index (χ3v) is 2.19. The first kappa shape index (κ1) is 12.2. The summed E-state index contributed by atoms with van der Waals surface area (Å²) in [5.41, 5.74) is 0.337. The van der Waals surface area contributed by atoms with Crippen molar-refractivity contribution in [2.45, 2.75) is 19.8 Å². The van der Waals surface area contributed by atoms with E-state index < -0.39 is 5.97 Å². The summed E-state index contributed by atoms with van der Waals surface area (Å²) in [6, 6.07) is 0. The lowest BCUT2D eigenvalue weighted by Gasteiger charge is -2.17. The molecule has 0 aromatic heterocycles. The Balaban J connectivity index is 4.03. The Morgan fingerprint density at radius 2 is 2.08 bits per heavy atom. The third kappa shape index (κ3) is 4.68. The first-order valence-corrected chi connectivity index (χ1v) is 4.55. The molecule has 1 atom stereocenters. The van der Waals surface area contributed by atoms with Gasteiger partial charge in [-0.3, -0.25) is 0 Å². The average molecular weight is 185 g/mol. The minimum Gasteiger partial charge on any atom is -0.478 e. The molecule has 0 spiro atoms. The molecule has 0 bridgehead atoms. The molecule has 0 aliphatic heterocycles. The van der Waals surface area contributed by atoms with Crippen LogP contribution in [-0.4, -0.2) is 36.6 Å². The van der Waals surface area contributed by atoms with E-state index in [1.807, 2.05) is 21.0 Å². The molecule has 76 valence electrons.